The first kappa shape index (κ1) is 20.3. The molecule has 156 valence electrons. The normalized spacial score (nSPS) is 10.9. The third kappa shape index (κ3) is 4.02. The summed E-state index contributed by atoms with van der Waals surface area (Å²) in [5, 5.41) is 11.3. The van der Waals surface area contributed by atoms with Crippen molar-refractivity contribution < 1.29 is 18.7 Å². The van der Waals surface area contributed by atoms with Crippen LogP contribution in [-0.4, -0.2) is 22.1 Å². The summed E-state index contributed by atoms with van der Waals surface area (Å²) in [6.45, 7) is 0.0696. The molecule has 1 amide bonds. The zero-order valence-electron chi connectivity index (χ0n) is 16.3. The maximum Gasteiger partial charge on any atom is 0.404 e. The Balaban J connectivity index is 2.10. The van der Waals surface area contributed by atoms with Gasteiger partial charge in [0.2, 0.25) is 0 Å². The number of pyridine rings is 2. The average molecular weight is 420 g/mol. The summed E-state index contributed by atoms with van der Waals surface area (Å²) < 4.78 is 28.9. The summed E-state index contributed by atoms with van der Waals surface area (Å²) in [7, 11) is 0. The molecule has 2 aromatic carbocycles. The topological polar surface area (TPSA) is 70.8 Å². The number of carboxylic acid groups (broad SMARTS) is 1. The summed E-state index contributed by atoms with van der Waals surface area (Å²) in [5.74, 6) is -0.983. The number of nitrogens with zero attached hydrogens (tertiary/aromatic N) is 1. The molecule has 4 aromatic rings. The molecule has 0 bridgehead atoms. The summed E-state index contributed by atoms with van der Waals surface area (Å²) >= 11 is 0. The quantitative estimate of drug-likeness (QED) is 0.491. The van der Waals surface area contributed by atoms with Gasteiger partial charge in [0.15, 0.2) is 0 Å². The van der Waals surface area contributed by atoms with Crippen LogP contribution in [0.3, 0.4) is 0 Å². The van der Waals surface area contributed by atoms with Gasteiger partial charge in [-0.1, -0.05) is 42.5 Å². The second-order valence-electron chi connectivity index (χ2n) is 6.99. The summed E-state index contributed by atoms with van der Waals surface area (Å²) in [6, 6.07) is 17.5. The van der Waals surface area contributed by atoms with Crippen LogP contribution in [0, 0.1) is 11.6 Å². The fraction of sp³-hybridized carbons (Fsp3) is 0.0833. The molecule has 5 nitrogen and oxygen atoms in total. The predicted molar refractivity (Wildman–Crippen MR) is 114 cm³/mol. The van der Waals surface area contributed by atoms with Gasteiger partial charge < -0.3 is 10.4 Å². The SMILES string of the molecule is O=C(O)NCCc1c(-c2ccccc2)c(=O)n2cc(F)ccc2c1-c1ccc(F)cc1. The van der Waals surface area contributed by atoms with Crippen molar-refractivity contribution in [3.63, 3.8) is 0 Å². The molecule has 0 aliphatic heterocycles. The van der Waals surface area contributed by atoms with Crippen LogP contribution >= 0.6 is 0 Å². The lowest BCUT2D eigenvalue weighted by atomic mass is 9.90. The minimum Gasteiger partial charge on any atom is -0.465 e. The summed E-state index contributed by atoms with van der Waals surface area (Å²) in [6.07, 6.45) is 0.159. The second-order valence-corrected chi connectivity index (χ2v) is 6.99. The molecular formula is C24H18F2N2O3. The van der Waals surface area contributed by atoms with Gasteiger partial charge in [0.05, 0.1) is 11.1 Å². The van der Waals surface area contributed by atoms with Crippen molar-refractivity contribution in [1.29, 1.82) is 0 Å². The lowest BCUT2D eigenvalue weighted by molar-refractivity contribution is 0.194. The van der Waals surface area contributed by atoms with Crippen LogP contribution in [0.5, 0.6) is 0 Å². The van der Waals surface area contributed by atoms with Gasteiger partial charge in [0, 0.05) is 18.3 Å². The maximum atomic E-state index is 14.0. The van der Waals surface area contributed by atoms with Crippen LogP contribution in [0.15, 0.2) is 77.7 Å². The summed E-state index contributed by atoms with van der Waals surface area (Å²) in [4.78, 5) is 24.4. The van der Waals surface area contributed by atoms with Crippen LogP contribution < -0.4 is 10.9 Å². The second kappa shape index (κ2) is 8.39. The Morgan fingerprint density at radius 3 is 2.19 bits per heavy atom. The zero-order valence-corrected chi connectivity index (χ0v) is 16.3. The molecule has 2 N–H and O–H groups in total. The van der Waals surface area contributed by atoms with E-state index in [4.69, 9.17) is 5.11 Å². The Hall–Kier alpha value is -4.00. The van der Waals surface area contributed by atoms with E-state index in [0.717, 1.165) is 6.20 Å². The number of nitrogens with one attached hydrogen (secondary N) is 1. The van der Waals surface area contributed by atoms with Crippen molar-refractivity contribution in [2.45, 2.75) is 6.42 Å². The molecule has 4 rings (SSSR count). The number of fused-ring (bicyclic) bond motifs is 1. The molecule has 0 aliphatic carbocycles. The number of hydrogen-bond donors (Lipinski definition) is 2. The van der Waals surface area contributed by atoms with Gasteiger partial charge >= 0.3 is 6.09 Å². The van der Waals surface area contributed by atoms with Crippen molar-refractivity contribution in [2.75, 3.05) is 6.54 Å². The number of rotatable bonds is 5. The first-order valence-electron chi connectivity index (χ1n) is 9.60. The lowest BCUT2D eigenvalue weighted by Crippen LogP contribution is -2.26. The Morgan fingerprint density at radius 2 is 1.52 bits per heavy atom. The molecule has 2 heterocycles. The van der Waals surface area contributed by atoms with Gasteiger partial charge in [-0.2, -0.15) is 0 Å². The van der Waals surface area contributed by atoms with Gasteiger partial charge in [-0.25, -0.2) is 13.6 Å². The van der Waals surface area contributed by atoms with Crippen molar-refractivity contribution in [3.8, 4) is 22.3 Å². The number of hydrogen-bond acceptors (Lipinski definition) is 2. The average Bonchev–Trinajstić information content (AvgIpc) is 2.76. The Morgan fingerprint density at radius 1 is 0.871 bits per heavy atom. The van der Waals surface area contributed by atoms with Gasteiger partial charge in [0.1, 0.15) is 11.6 Å². The zero-order chi connectivity index (χ0) is 22.0. The van der Waals surface area contributed by atoms with E-state index in [9.17, 15) is 18.4 Å². The van der Waals surface area contributed by atoms with E-state index >= 15 is 0 Å². The predicted octanol–water partition coefficient (Wildman–Crippen LogP) is 4.72. The van der Waals surface area contributed by atoms with E-state index in [1.165, 1.54) is 28.7 Å². The first-order chi connectivity index (χ1) is 15.0. The van der Waals surface area contributed by atoms with Crippen LogP contribution in [0.1, 0.15) is 5.56 Å². The van der Waals surface area contributed by atoms with E-state index in [-0.39, 0.29) is 13.0 Å². The van der Waals surface area contributed by atoms with Crippen molar-refractivity contribution in [2.24, 2.45) is 0 Å². The fourth-order valence-corrected chi connectivity index (χ4v) is 3.76. The van der Waals surface area contributed by atoms with E-state index in [2.05, 4.69) is 5.32 Å². The molecule has 0 saturated carbocycles. The maximum absolute atomic E-state index is 14.0. The lowest BCUT2D eigenvalue weighted by Gasteiger charge is -2.19. The highest BCUT2D eigenvalue weighted by atomic mass is 19.1. The third-order valence-corrected chi connectivity index (χ3v) is 5.05. The molecule has 0 spiro atoms. The molecule has 0 saturated heterocycles. The molecule has 0 fully saturated rings. The largest absolute Gasteiger partial charge is 0.465 e. The fourth-order valence-electron chi connectivity index (χ4n) is 3.76. The first-order valence-corrected chi connectivity index (χ1v) is 9.60. The van der Waals surface area contributed by atoms with E-state index in [0.29, 0.717) is 33.3 Å². The van der Waals surface area contributed by atoms with Gasteiger partial charge in [-0.3, -0.25) is 9.20 Å². The van der Waals surface area contributed by atoms with Crippen molar-refractivity contribution in [1.82, 2.24) is 9.72 Å². The van der Waals surface area contributed by atoms with E-state index in [1.807, 2.05) is 6.07 Å². The molecular weight excluding hydrogens is 402 g/mol. The smallest absolute Gasteiger partial charge is 0.404 e. The van der Waals surface area contributed by atoms with E-state index in [1.54, 1.807) is 36.4 Å². The number of benzene rings is 2. The van der Waals surface area contributed by atoms with Crippen molar-refractivity contribution >= 4 is 11.6 Å². The Bertz CT molecular complexity index is 1320. The highest BCUT2D eigenvalue weighted by Crippen LogP contribution is 2.34. The minimum atomic E-state index is -1.18. The number of halogens is 2. The standard InChI is InChI=1S/C24H18F2N2O3/c25-17-8-6-16(7-9-17)21-19(12-13-27-24(30)31)22(15-4-2-1-3-5-15)23(29)28-14-18(26)10-11-20(21)28/h1-11,14,27H,12-13H2,(H,30,31). The molecule has 2 aromatic heterocycles. The molecule has 7 heteroatoms. The van der Waals surface area contributed by atoms with E-state index < -0.39 is 23.3 Å². The number of amides is 1. The molecule has 31 heavy (non-hydrogen) atoms. The molecule has 0 aliphatic rings. The van der Waals surface area contributed by atoms with Gasteiger partial charge in [-0.05, 0) is 47.4 Å². The highest BCUT2D eigenvalue weighted by Gasteiger charge is 2.21. The molecule has 0 unspecified atom stereocenters. The third-order valence-electron chi connectivity index (χ3n) is 5.05. The Kier molecular flexibility index (Phi) is 5.49. The van der Waals surface area contributed by atoms with Gasteiger partial charge in [-0.15, -0.1) is 0 Å². The highest BCUT2D eigenvalue weighted by molar-refractivity contribution is 5.88. The monoisotopic (exact) mass is 420 g/mol. The van der Waals surface area contributed by atoms with Gasteiger partial charge in [0.25, 0.3) is 5.56 Å². The van der Waals surface area contributed by atoms with Crippen molar-refractivity contribution in [3.05, 3.63) is 100 Å². The summed E-state index contributed by atoms with van der Waals surface area (Å²) in [5.41, 5.74) is 2.84. The Labute approximate surface area is 176 Å². The minimum absolute atomic E-state index is 0.0696. The van der Waals surface area contributed by atoms with Crippen LogP contribution in [-0.2, 0) is 6.42 Å². The molecule has 0 radical (unpaired) electrons. The number of carbonyl (C=O) groups is 1. The van der Waals surface area contributed by atoms with Crippen LogP contribution in [0.2, 0.25) is 0 Å². The van der Waals surface area contributed by atoms with Crippen LogP contribution in [0.25, 0.3) is 27.8 Å². The molecule has 0 atom stereocenters. The van der Waals surface area contributed by atoms with Crippen LogP contribution in [0.4, 0.5) is 13.6 Å². The number of aromatic nitrogens is 1.